The van der Waals surface area contributed by atoms with Crippen molar-refractivity contribution in [3.63, 3.8) is 0 Å². The lowest BCUT2D eigenvalue weighted by molar-refractivity contribution is -0.107. The first-order valence-electron chi connectivity index (χ1n) is 4.16. The highest BCUT2D eigenvalue weighted by Crippen LogP contribution is 2.07. The minimum atomic E-state index is 0.516. The van der Waals surface area contributed by atoms with Crippen molar-refractivity contribution in [2.75, 3.05) is 20.7 Å². The van der Waals surface area contributed by atoms with Gasteiger partial charge >= 0.3 is 0 Å². The summed E-state index contributed by atoms with van der Waals surface area (Å²) in [4.78, 5) is 12.0. The summed E-state index contributed by atoms with van der Waals surface area (Å²) < 4.78 is 4.93. The lowest BCUT2D eigenvalue weighted by Gasteiger charge is -2.21. The second kappa shape index (κ2) is 6.29. The molecule has 3 nitrogen and oxygen atoms in total. The average Bonchev–Trinajstić information content (AvgIpc) is 2.13. The molecule has 0 fully saturated rings. The van der Waals surface area contributed by atoms with Gasteiger partial charge in [-0.25, -0.2) is 0 Å². The van der Waals surface area contributed by atoms with E-state index in [0.29, 0.717) is 25.1 Å². The largest absolute Gasteiger partial charge is 0.500 e. The third-order valence-electron chi connectivity index (χ3n) is 1.79. The Bertz CT molecular complexity index is 199. The van der Waals surface area contributed by atoms with Gasteiger partial charge in [0.15, 0.2) is 0 Å². The molecule has 0 aromatic carbocycles. The van der Waals surface area contributed by atoms with Crippen LogP contribution in [-0.4, -0.2) is 31.9 Å². The van der Waals surface area contributed by atoms with Gasteiger partial charge in [-0.15, -0.1) is 0 Å². The molecule has 0 aromatic rings. The van der Waals surface area contributed by atoms with Gasteiger partial charge in [-0.05, 0) is 6.42 Å². The highest BCUT2D eigenvalue weighted by atomic mass is 16.5. The van der Waals surface area contributed by atoms with Crippen LogP contribution in [0, 0.1) is 0 Å². The smallest absolute Gasteiger partial charge is 0.120 e. The van der Waals surface area contributed by atoms with E-state index in [1.807, 2.05) is 11.9 Å². The zero-order chi connectivity index (χ0) is 10.3. The van der Waals surface area contributed by atoms with Gasteiger partial charge in [0.25, 0.3) is 0 Å². The van der Waals surface area contributed by atoms with Crippen LogP contribution in [-0.2, 0) is 9.53 Å². The molecule has 0 spiro atoms. The molecular weight excluding hydrogens is 166 g/mol. The fraction of sp³-hybridized carbons (Fsp3) is 0.500. The molecule has 0 amide bonds. The van der Waals surface area contributed by atoms with Crippen molar-refractivity contribution in [1.29, 1.82) is 0 Å². The Balaban J connectivity index is 3.81. The molecule has 0 saturated carbocycles. The number of carbonyl (C=O) groups is 1. The molecule has 3 heteroatoms. The van der Waals surface area contributed by atoms with E-state index in [4.69, 9.17) is 4.74 Å². The first-order valence-corrected chi connectivity index (χ1v) is 4.16. The number of hydrogen-bond acceptors (Lipinski definition) is 3. The highest BCUT2D eigenvalue weighted by molar-refractivity contribution is 5.49. The summed E-state index contributed by atoms with van der Waals surface area (Å²) in [6.07, 6.45) is 2.10. The predicted octanol–water partition coefficient (Wildman–Crippen LogP) is 1.57. The molecule has 0 aliphatic rings. The Morgan fingerprint density at radius 3 is 2.62 bits per heavy atom. The minimum Gasteiger partial charge on any atom is -0.500 e. The maximum absolute atomic E-state index is 10.1. The van der Waals surface area contributed by atoms with Crippen LogP contribution >= 0.6 is 0 Å². The molecule has 0 rings (SSSR count). The lowest BCUT2D eigenvalue weighted by Crippen LogP contribution is -2.20. The number of carbonyl (C=O) groups excluding carboxylic acids is 1. The summed E-state index contributed by atoms with van der Waals surface area (Å²) in [6.45, 7) is 8.17. The topological polar surface area (TPSA) is 29.5 Å². The number of hydrogen-bond donors (Lipinski definition) is 0. The molecule has 74 valence electrons. The van der Waals surface area contributed by atoms with Gasteiger partial charge in [0.1, 0.15) is 12.0 Å². The monoisotopic (exact) mass is 183 g/mol. The van der Waals surface area contributed by atoms with Crippen molar-refractivity contribution in [2.45, 2.75) is 12.8 Å². The molecular formula is C10H17NO2. The SMILES string of the molecule is C=C(CN(C)C(=C)CCC=O)OC. The van der Waals surface area contributed by atoms with Gasteiger partial charge in [0.05, 0.1) is 13.7 Å². The molecule has 0 bridgehead atoms. The number of ether oxygens (including phenoxy) is 1. The second-order valence-electron chi connectivity index (χ2n) is 2.87. The fourth-order valence-corrected chi connectivity index (χ4v) is 0.857. The van der Waals surface area contributed by atoms with Gasteiger partial charge in [-0.1, -0.05) is 13.2 Å². The molecule has 0 aliphatic carbocycles. The molecule has 0 radical (unpaired) electrons. The summed E-state index contributed by atoms with van der Waals surface area (Å²) in [5.74, 6) is 0.690. The number of rotatable bonds is 7. The summed E-state index contributed by atoms with van der Waals surface area (Å²) in [5.41, 5.74) is 0.922. The van der Waals surface area contributed by atoms with Crippen molar-refractivity contribution in [3.05, 3.63) is 24.6 Å². The normalized spacial score (nSPS) is 9.08. The van der Waals surface area contributed by atoms with E-state index in [1.54, 1.807) is 7.11 Å². The van der Waals surface area contributed by atoms with Gasteiger partial charge in [-0.3, -0.25) is 0 Å². The van der Waals surface area contributed by atoms with Crippen LogP contribution in [0.3, 0.4) is 0 Å². The number of methoxy groups -OCH3 is 1. The Hall–Kier alpha value is -1.25. The van der Waals surface area contributed by atoms with Crippen LogP contribution in [0.15, 0.2) is 24.6 Å². The van der Waals surface area contributed by atoms with Crippen LogP contribution in [0.1, 0.15) is 12.8 Å². The second-order valence-corrected chi connectivity index (χ2v) is 2.87. The standard InChI is InChI=1S/C10H17NO2/c1-9(6-5-7-12)11(3)8-10(2)13-4/h7H,1-2,5-6,8H2,3-4H3. The minimum absolute atomic E-state index is 0.516. The van der Waals surface area contributed by atoms with Crippen molar-refractivity contribution < 1.29 is 9.53 Å². The van der Waals surface area contributed by atoms with E-state index in [9.17, 15) is 4.79 Å². The van der Waals surface area contributed by atoms with E-state index in [1.165, 1.54) is 0 Å². The lowest BCUT2D eigenvalue weighted by atomic mass is 10.2. The molecule has 0 saturated heterocycles. The van der Waals surface area contributed by atoms with Crippen LogP contribution in [0.2, 0.25) is 0 Å². The van der Waals surface area contributed by atoms with Gasteiger partial charge in [-0.2, -0.15) is 0 Å². The van der Waals surface area contributed by atoms with Crippen LogP contribution in [0.4, 0.5) is 0 Å². The maximum atomic E-state index is 10.1. The quantitative estimate of drug-likeness (QED) is 0.443. The van der Waals surface area contributed by atoms with Crippen molar-refractivity contribution in [2.24, 2.45) is 0 Å². The van der Waals surface area contributed by atoms with E-state index in [-0.39, 0.29) is 0 Å². The van der Waals surface area contributed by atoms with E-state index in [0.717, 1.165) is 12.0 Å². The van der Waals surface area contributed by atoms with Crippen LogP contribution in [0.5, 0.6) is 0 Å². The number of aldehydes is 1. The van der Waals surface area contributed by atoms with Gasteiger partial charge in [0, 0.05) is 19.2 Å². The van der Waals surface area contributed by atoms with E-state index < -0.39 is 0 Å². The first-order chi connectivity index (χ1) is 6.11. The van der Waals surface area contributed by atoms with Crippen molar-refractivity contribution >= 4 is 6.29 Å². The predicted molar refractivity (Wildman–Crippen MR) is 53.2 cm³/mol. The molecule has 0 atom stereocenters. The average molecular weight is 183 g/mol. The third-order valence-corrected chi connectivity index (χ3v) is 1.79. The maximum Gasteiger partial charge on any atom is 0.120 e. The first kappa shape index (κ1) is 11.8. The Kier molecular flexibility index (Phi) is 5.68. The highest BCUT2D eigenvalue weighted by Gasteiger charge is 2.03. The summed E-state index contributed by atoms with van der Waals surface area (Å²) in [5, 5.41) is 0. The van der Waals surface area contributed by atoms with Gasteiger partial charge in [0.2, 0.25) is 0 Å². The molecule has 0 aliphatic heterocycles. The Morgan fingerprint density at radius 1 is 1.54 bits per heavy atom. The third kappa shape index (κ3) is 5.06. The summed E-state index contributed by atoms with van der Waals surface area (Å²) in [7, 11) is 3.49. The molecule has 0 heterocycles. The van der Waals surface area contributed by atoms with Crippen molar-refractivity contribution in [1.82, 2.24) is 4.90 Å². The van der Waals surface area contributed by atoms with Gasteiger partial charge < -0.3 is 14.4 Å². The number of allylic oxidation sites excluding steroid dienone is 1. The Labute approximate surface area is 79.7 Å². The van der Waals surface area contributed by atoms with E-state index in [2.05, 4.69) is 13.2 Å². The summed E-state index contributed by atoms with van der Waals surface area (Å²) in [6, 6.07) is 0. The van der Waals surface area contributed by atoms with E-state index >= 15 is 0 Å². The molecule has 0 aromatic heterocycles. The zero-order valence-electron chi connectivity index (χ0n) is 8.38. The number of likely N-dealkylation sites (N-methyl/N-ethyl adjacent to an activating group) is 1. The fourth-order valence-electron chi connectivity index (χ4n) is 0.857. The zero-order valence-corrected chi connectivity index (χ0v) is 8.38. The molecule has 13 heavy (non-hydrogen) atoms. The summed E-state index contributed by atoms with van der Waals surface area (Å²) >= 11 is 0. The Morgan fingerprint density at radius 2 is 2.15 bits per heavy atom. The van der Waals surface area contributed by atoms with Crippen LogP contribution < -0.4 is 0 Å². The van der Waals surface area contributed by atoms with Crippen LogP contribution in [0.25, 0.3) is 0 Å². The molecule has 0 unspecified atom stereocenters. The number of nitrogens with zero attached hydrogens (tertiary/aromatic N) is 1. The van der Waals surface area contributed by atoms with Crippen molar-refractivity contribution in [3.8, 4) is 0 Å². The molecule has 0 N–H and O–H groups in total.